The molecule has 4 N–H and O–H groups in total. The average molecular weight is 263 g/mol. The van der Waals surface area contributed by atoms with Crippen LogP contribution in [0.2, 0.25) is 0 Å². The van der Waals surface area contributed by atoms with Gasteiger partial charge in [0.05, 0.1) is 6.42 Å². The van der Waals surface area contributed by atoms with Crippen molar-refractivity contribution in [3.05, 3.63) is 29.8 Å². The molecule has 19 heavy (non-hydrogen) atoms. The van der Waals surface area contributed by atoms with E-state index in [4.69, 9.17) is 5.73 Å². The van der Waals surface area contributed by atoms with E-state index in [1.807, 2.05) is 6.92 Å². The molecule has 0 aromatic heterocycles. The van der Waals surface area contributed by atoms with Gasteiger partial charge < -0.3 is 16.4 Å². The van der Waals surface area contributed by atoms with Crippen molar-refractivity contribution < 1.29 is 9.59 Å². The fourth-order valence-electron chi connectivity index (χ4n) is 1.51. The predicted molar refractivity (Wildman–Crippen MR) is 75.8 cm³/mol. The van der Waals surface area contributed by atoms with E-state index in [0.29, 0.717) is 18.0 Å². The summed E-state index contributed by atoms with van der Waals surface area (Å²) in [7, 11) is 0. The van der Waals surface area contributed by atoms with E-state index in [1.54, 1.807) is 24.3 Å². The molecule has 3 amide bonds. The molecule has 0 bridgehead atoms. The molecular weight excluding hydrogens is 242 g/mol. The van der Waals surface area contributed by atoms with Gasteiger partial charge in [0.15, 0.2) is 0 Å². The second-order valence-corrected chi connectivity index (χ2v) is 4.96. The van der Waals surface area contributed by atoms with Crippen LogP contribution in [0.1, 0.15) is 26.3 Å². The Morgan fingerprint density at radius 2 is 1.74 bits per heavy atom. The molecule has 5 nitrogen and oxygen atoms in total. The molecule has 0 saturated heterocycles. The monoisotopic (exact) mass is 263 g/mol. The van der Waals surface area contributed by atoms with Crippen LogP contribution in [0.5, 0.6) is 0 Å². The first kappa shape index (κ1) is 15.0. The lowest BCUT2D eigenvalue weighted by Crippen LogP contribution is -2.37. The molecule has 0 heterocycles. The molecule has 1 rings (SSSR count). The molecule has 1 atom stereocenters. The van der Waals surface area contributed by atoms with Crippen LogP contribution >= 0.6 is 0 Å². The van der Waals surface area contributed by atoms with Crippen molar-refractivity contribution in [2.45, 2.75) is 33.2 Å². The lowest BCUT2D eigenvalue weighted by Gasteiger charge is -2.17. The summed E-state index contributed by atoms with van der Waals surface area (Å²) in [6, 6.07) is 6.59. The molecule has 0 aliphatic rings. The number of amides is 3. The van der Waals surface area contributed by atoms with Crippen LogP contribution in [-0.4, -0.2) is 18.0 Å². The number of nitrogens with two attached hydrogens (primary N) is 1. The second kappa shape index (κ2) is 6.78. The Bertz CT molecular complexity index is 441. The van der Waals surface area contributed by atoms with Crippen molar-refractivity contribution in [1.82, 2.24) is 5.32 Å². The van der Waals surface area contributed by atoms with Gasteiger partial charge in [-0.2, -0.15) is 0 Å². The van der Waals surface area contributed by atoms with E-state index in [0.717, 1.165) is 5.56 Å². The van der Waals surface area contributed by atoms with Crippen LogP contribution in [0.25, 0.3) is 0 Å². The number of carbonyl (C=O) groups is 2. The third-order valence-electron chi connectivity index (χ3n) is 2.97. The zero-order valence-corrected chi connectivity index (χ0v) is 11.6. The van der Waals surface area contributed by atoms with E-state index in [9.17, 15) is 9.59 Å². The summed E-state index contributed by atoms with van der Waals surface area (Å²) in [5, 5.41) is 5.42. The highest BCUT2D eigenvalue weighted by Gasteiger charge is 2.11. The maximum atomic E-state index is 11.8. The van der Waals surface area contributed by atoms with Crippen LogP contribution in [0.4, 0.5) is 10.5 Å². The fraction of sp³-hybridized carbons (Fsp3) is 0.429. The van der Waals surface area contributed by atoms with Gasteiger partial charge in [-0.25, -0.2) is 4.79 Å². The molecule has 0 unspecified atom stereocenters. The summed E-state index contributed by atoms with van der Waals surface area (Å²) in [6.07, 6.45) is 0.327. The molecule has 104 valence electrons. The van der Waals surface area contributed by atoms with Gasteiger partial charge in [-0.1, -0.05) is 26.0 Å². The number of carbonyl (C=O) groups excluding carboxylic acids is 2. The maximum absolute atomic E-state index is 11.8. The van der Waals surface area contributed by atoms with E-state index in [1.165, 1.54) is 0 Å². The number of hydrogen-bond donors (Lipinski definition) is 3. The standard InChI is InChI=1S/C14H21N3O2/c1-9(2)10(3)16-13(18)8-11-4-6-12(7-5-11)17-14(15)19/h4-7,9-10H,8H2,1-3H3,(H,16,18)(H3,15,17,19)/t10-/m0/s1. The Hall–Kier alpha value is -2.04. The summed E-state index contributed by atoms with van der Waals surface area (Å²) in [5.74, 6) is 0.405. The summed E-state index contributed by atoms with van der Waals surface area (Å²) >= 11 is 0. The fourth-order valence-corrected chi connectivity index (χ4v) is 1.51. The molecule has 0 saturated carbocycles. The van der Waals surface area contributed by atoms with Gasteiger partial charge in [0, 0.05) is 11.7 Å². The average Bonchev–Trinajstić information content (AvgIpc) is 2.30. The number of primary amides is 1. The lowest BCUT2D eigenvalue weighted by atomic mass is 10.1. The van der Waals surface area contributed by atoms with Crippen LogP contribution in [0.15, 0.2) is 24.3 Å². The molecule has 0 aliphatic carbocycles. The highest BCUT2D eigenvalue weighted by Crippen LogP contribution is 2.10. The molecule has 0 aliphatic heterocycles. The van der Waals surface area contributed by atoms with Gasteiger partial charge in [0.1, 0.15) is 0 Å². The van der Waals surface area contributed by atoms with Crippen molar-refractivity contribution in [1.29, 1.82) is 0 Å². The minimum atomic E-state index is -0.601. The van der Waals surface area contributed by atoms with Crippen LogP contribution in [-0.2, 0) is 11.2 Å². The number of nitrogens with one attached hydrogen (secondary N) is 2. The van der Waals surface area contributed by atoms with Crippen molar-refractivity contribution in [2.24, 2.45) is 11.7 Å². The maximum Gasteiger partial charge on any atom is 0.316 e. The van der Waals surface area contributed by atoms with Gasteiger partial charge in [0.25, 0.3) is 0 Å². The number of benzene rings is 1. The van der Waals surface area contributed by atoms with Crippen LogP contribution in [0.3, 0.4) is 0 Å². The smallest absolute Gasteiger partial charge is 0.316 e. The Morgan fingerprint density at radius 1 is 1.16 bits per heavy atom. The number of rotatable bonds is 5. The molecule has 5 heteroatoms. The minimum absolute atomic E-state index is 0.00295. The topological polar surface area (TPSA) is 84.2 Å². The second-order valence-electron chi connectivity index (χ2n) is 4.96. The summed E-state index contributed by atoms with van der Waals surface area (Å²) in [4.78, 5) is 22.5. The minimum Gasteiger partial charge on any atom is -0.353 e. The number of urea groups is 1. The molecule has 0 radical (unpaired) electrons. The van der Waals surface area contributed by atoms with Gasteiger partial charge in [-0.05, 0) is 30.5 Å². The third kappa shape index (κ3) is 5.42. The van der Waals surface area contributed by atoms with Crippen molar-refractivity contribution in [2.75, 3.05) is 5.32 Å². The molecule has 1 aromatic carbocycles. The number of anilines is 1. The Labute approximate surface area is 113 Å². The Balaban J connectivity index is 2.53. The van der Waals surface area contributed by atoms with E-state index >= 15 is 0 Å². The zero-order chi connectivity index (χ0) is 14.4. The van der Waals surface area contributed by atoms with E-state index in [2.05, 4.69) is 24.5 Å². The largest absolute Gasteiger partial charge is 0.353 e. The van der Waals surface area contributed by atoms with E-state index < -0.39 is 6.03 Å². The van der Waals surface area contributed by atoms with Crippen LogP contribution < -0.4 is 16.4 Å². The Kier molecular flexibility index (Phi) is 5.36. The summed E-state index contributed by atoms with van der Waals surface area (Å²) in [5.41, 5.74) is 6.52. The van der Waals surface area contributed by atoms with Crippen molar-refractivity contribution >= 4 is 17.6 Å². The highest BCUT2D eigenvalue weighted by molar-refractivity contribution is 5.87. The molecular formula is C14H21N3O2. The Morgan fingerprint density at radius 3 is 2.21 bits per heavy atom. The van der Waals surface area contributed by atoms with Crippen LogP contribution in [0, 0.1) is 5.92 Å². The first-order valence-corrected chi connectivity index (χ1v) is 6.33. The van der Waals surface area contributed by atoms with Crippen molar-refractivity contribution in [3.8, 4) is 0 Å². The lowest BCUT2D eigenvalue weighted by molar-refractivity contribution is -0.121. The van der Waals surface area contributed by atoms with Gasteiger partial charge in [-0.15, -0.1) is 0 Å². The van der Waals surface area contributed by atoms with Gasteiger partial charge in [0.2, 0.25) is 5.91 Å². The molecule has 0 fully saturated rings. The predicted octanol–water partition coefficient (Wildman–Crippen LogP) is 1.88. The summed E-state index contributed by atoms with van der Waals surface area (Å²) < 4.78 is 0. The molecule has 0 spiro atoms. The summed E-state index contributed by atoms with van der Waals surface area (Å²) in [6.45, 7) is 6.12. The molecule has 1 aromatic rings. The quantitative estimate of drug-likeness (QED) is 0.757. The van der Waals surface area contributed by atoms with E-state index in [-0.39, 0.29) is 11.9 Å². The van der Waals surface area contributed by atoms with Gasteiger partial charge >= 0.3 is 6.03 Å². The number of hydrogen-bond acceptors (Lipinski definition) is 2. The SMILES string of the molecule is CC(C)[C@H](C)NC(=O)Cc1ccc(NC(N)=O)cc1. The first-order valence-electron chi connectivity index (χ1n) is 6.33. The highest BCUT2D eigenvalue weighted by atomic mass is 16.2. The van der Waals surface area contributed by atoms with Gasteiger partial charge in [-0.3, -0.25) is 4.79 Å². The first-order chi connectivity index (χ1) is 8.88. The zero-order valence-electron chi connectivity index (χ0n) is 11.6. The normalized spacial score (nSPS) is 12.0. The van der Waals surface area contributed by atoms with Crippen molar-refractivity contribution in [3.63, 3.8) is 0 Å². The third-order valence-corrected chi connectivity index (χ3v) is 2.97.